The summed E-state index contributed by atoms with van der Waals surface area (Å²) in [6.45, 7) is 0.417. The lowest BCUT2D eigenvalue weighted by Gasteiger charge is -2.16. The number of anilines is 2. The predicted molar refractivity (Wildman–Crippen MR) is 114 cm³/mol. The zero-order valence-corrected chi connectivity index (χ0v) is 17.4. The van der Waals surface area contributed by atoms with Crippen LogP contribution in [0.3, 0.4) is 0 Å². The van der Waals surface area contributed by atoms with Gasteiger partial charge < -0.3 is 10.2 Å². The molecule has 1 saturated heterocycles. The van der Waals surface area contributed by atoms with Crippen LogP contribution in [0.5, 0.6) is 0 Å². The van der Waals surface area contributed by atoms with Crippen LogP contribution in [0.1, 0.15) is 23.2 Å². The van der Waals surface area contributed by atoms with E-state index in [2.05, 4.69) is 16.2 Å². The number of carbonyl (C=O) groups excluding carboxylic acids is 3. The summed E-state index contributed by atoms with van der Waals surface area (Å²) in [5, 5.41) is 3.36. The lowest BCUT2D eigenvalue weighted by atomic mass is 10.2. The van der Waals surface area contributed by atoms with Gasteiger partial charge in [-0.1, -0.05) is 34.8 Å². The standard InChI is InChI=1S/C19H17Cl3N4O3/c20-12-8-14(21)18(15(22)9-12)25-24-16(27)10-23-19(29)11-3-5-13(6-4-11)26-7-1-2-17(26)28/h3-6,8-9,25H,1-2,7,10H2,(H,23,29)(H,24,27). The summed E-state index contributed by atoms with van der Waals surface area (Å²) >= 11 is 17.9. The number of hydrazine groups is 1. The van der Waals surface area contributed by atoms with E-state index < -0.39 is 11.8 Å². The van der Waals surface area contributed by atoms with Crippen molar-refractivity contribution in [2.75, 3.05) is 23.4 Å². The highest BCUT2D eigenvalue weighted by molar-refractivity contribution is 6.41. The van der Waals surface area contributed by atoms with Crippen molar-refractivity contribution in [2.45, 2.75) is 12.8 Å². The van der Waals surface area contributed by atoms with E-state index in [0.29, 0.717) is 29.2 Å². The van der Waals surface area contributed by atoms with Crippen molar-refractivity contribution >= 4 is 63.9 Å². The monoisotopic (exact) mass is 454 g/mol. The third-order valence-corrected chi connectivity index (χ3v) is 5.07. The van der Waals surface area contributed by atoms with Gasteiger partial charge >= 0.3 is 0 Å². The van der Waals surface area contributed by atoms with Crippen LogP contribution in [-0.2, 0) is 9.59 Å². The highest BCUT2D eigenvalue weighted by Gasteiger charge is 2.21. The van der Waals surface area contributed by atoms with Crippen molar-refractivity contribution < 1.29 is 14.4 Å². The van der Waals surface area contributed by atoms with Crippen molar-refractivity contribution in [3.05, 3.63) is 57.0 Å². The van der Waals surface area contributed by atoms with Gasteiger partial charge in [0.05, 0.1) is 22.3 Å². The summed E-state index contributed by atoms with van der Waals surface area (Å²) in [7, 11) is 0. The van der Waals surface area contributed by atoms with Gasteiger partial charge in [-0.2, -0.15) is 0 Å². The second-order valence-corrected chi connectivity index (χ2v) is 7.55. The number of halogens is 3. The largest absolute Gasteiger partial charge is 0.343 e. The minimum atomic E-state index is -0.500. The van der Waals surface area contributed by atoms with Crippen LogP contribution in [-0.4, -0.2) is 30.8 Å². The molecule has 1 aliphatic heterocycles. The number of nitrogens with zero attached hydrogens (tertiary/aromatic N) is 1. The zero-order valence-electron chi connectivity index (χ0n) is 15.1. The van der Waals surface area contributed by atoms with Gasteiger partial charge in [0.1, 0.15) is 0 Å². The van der Waals surface area contributed by atoms with Gasteiger partial charge in [-0.25, -0.2) is 0 Å². The molecule has 0 aromatic heterocycles. The molecule has 0 spiro atoms. The fourth-order valence-electron chi connectivity index (χ4n) is 2.81. The number of hydrogen-bond donors (Lipinski definition) is 3. The van der Waals surface area contributed by atoms with E-state index in [1.807, 2.05) is 0 Å². The van der Waals surface area contributed by atoms with Crippen molar-refractivity contribution in [3.63, 3.8) is 0 Å². The van der Waals surface area contributed by atoms with Crippen LogP contribution < -0.4 is 21.1 Å². The molecule has 29 heavy (non-hydrogen) atoms. The fourth-order valence-corrected chi connectivity index (χ4v) is 3.73. The molecule has 2 aromatic carbocycles. The van der Waals surface area contributed by atoms with Crippen molar-refractivity contribution in [1.29, 1.82) is 0 Å². The molecule has 2 aromatic rings. The van der Waals surface area contributed by atoms with Gasteiger partial charge in [0, 0.05) is 29.2 Å². The molecule has 1 aliphatic rings. The minimum Gasteiger partial charge on any atom is -0.343 e. The van der Waals surface area contributed by atoms with E-state index in [9.17, 15) is 14.4 Å². The van der Waals surface area contributed by atoms with Crippen molar-refractivity contribution in [1.82, 2.24) is 10.7 Å². The molecule has 3 rings (SSSR count). The van der Waals surface area contributed by atoms with Crippen LogP contribution in [0.4, 0.5) is 11.4 Å². The Bertz CT molecular complexity index is 927. The Hall–Kier alpha value is -2.48. The topological polar surface area (TPSA) is 90.5 Å². The lowest BCUT2D eigenvalue weighted by Crippen LogP contribution is -2.39. The first kappa shape index (κ1) is 21.2. The molecular weight excluding hydrogens is 439 g/mol. The molecule has 1 fully saturated rings. The van der Waals surface area contributed by atoms with Crippen LogP contribution in [0.15, 0.2) is 36.4 Å². The van der Waals surface area contributed by atoms with Crippen molar-refractivity contribution in [3.8, 4) is 0 Å². The smallest absolute Gasteiger partial charge is 0.257 e. The first-order chi connectivity index (χ1) is 13.8. The molecule has 152 valence electrons. The minimum absolute atomic E-state index is 0.0762. The average Bonchev–Trinajstić information content (AvgIpc) is 3.11. The summed E-state index contributed by atoms with van der Waals surface area (Å²) in [4.78, 5) is 37.6. The zero-order chi connectivity index (χ0) is 21.0. The van der Waals surface area contributed by atoms with E-state index >= 15 is 0 Å². The molecule has 10 heteroatoms. The second kappa shape index (κ2) is 9.35. The molecule has 0 bridgehead atoms. The fraction of sp³-hybridized carbons (Fsp3) is 0.211. The maximum absolute atomic E-state index is 12.2. The first-order valence-corrected chi connectivity index (χ1v) is 9.86. The average molecular weight is 456 g/mol. The molecule has 0 radical (unpaired) electrons. The lowest BCUT2D eigenvalue weighted by molar-refractivity contribution is -0.119. The highest BCUT2D eigenvalue weighted by atomic mass is 35.5. The SMILES string of the molecule is O=C(CNC(=O)c1ccc(N2CCCC2=O)cc1)NNc1c(Cl)cc(Cl)cc1Cl. The van der Waals surface area contributed by atoms with Gasteiger partial charge in [0.15, 0.2) is 0 Å². The van der Waals surface area contributed by atoms with Gasteiger partial charge in [0.25, 0.3) is 11.8 Å². The Kier molecular flexibility index (Phi) is 6.84. The van der Waals surface area contributed by atoms with E-state index in [0.717, 1.165) is 12.1 Å². The third-order valence-electron chi connectivity index (χ3n) is 4.26. The Morgan fingerprint density at radius 3 is 2.28 bits per heavy atom. The van der Waals surface area contributed by atoms with Crippen molar-refractivity contribution in [2.24, 2.45) is 0 Å². The van der Waals surface area contributed by atoms with E-state index in [1.165, 1.54) is 12.1 Å². The molecule has 3 N–H and O–H groups in total. The number of amides is 3. The number of nitrogens with one attached hydrogen (secondary N) is 3. The van der Waals surface area contributed by atoms with E-state index in [-0.39, 0.29) is 22.5 Å². The summed E-state index contributed by atoms with van der Waals surface area (Å²) in [5.74, 6) is -0.839. The molecule has 0 atom stereocenters. The Labute approximate surface area is 182 Å². The Balaban J connectivity index is 1.50. The molecule has 0 aliphatic carbocycles. The first-order valence-electron chi connectivity index (χ1n) is 8.73. The van der Waals surface area contributed by atoms with Gasteiger partial charge in [-0.3, -0.25) is 25.2 Å². The molecular formula is C19H17Cl3N4O3. The Morgan fingerprint density at radius 1 is 1.03 bits per heavy atom. The summed E-state index contributed by atoms with van der Waals surface area (Å²) in [6.07, 6.45) is 1.37. The molecule has 0 unspecified atom stereocenters. The Morgan fingerprint density at radius 2 is 1.69 bits per heavy atom. The molecule has 7 nitrogen and oxygen atoms in total. The number of rotatable bonds is 6. The molecule has 0 saturated carbocycles. The van der Waals surface area contributed by atoms with Crippen LogP contribution in [0, 0.1) is 0 Å². The summed E-state index contributed by atoms with van der Waals surface area (Å²) in [5.41, 5.74) is 6.43. The van der Waals surface area contributed by atoms with Crippen LogP contribution >= 0.6 is 34.8 Å². The molecule has 3 amide bonds. The maximum Gasteiger partial charge on any atom is 0.257 e. The quantitative estimate of drug-likeness (QED) is 0.580. The third kappa shape index (κ3) is 5.32. The van der Waals surface area contributed by atoms with E-state index in [4.69, 9.17) is 34.8 Å². The number of carbonyl (C=O) groups is 3. The van der Waals surface area contributed by atoms with E-state index in [1.54, 1.807) is 29.2 Å². The van der Waals surface area contributed by atoms with Gasteiger partial charge in [-0.15, -0.1) is 0 Å². The summed E-state index contributed by atoms with van der Waals surface area (Å²) < 4.78 is 0. The second-order valence-electron chi connectivity index (χ2n) is 6.30. The maximum atomic E-state index is 12.2. The predicted octanol–water partition coefficient (Wildman–Crippen LogP) is 3.65. The number of hydrogen-bond acceptors (Lipinski definition) is 4. The van der Waals surface area contributed by atoms with Crippen LogP contribution in [0.2, 0.25) is 15.1 Å². The van der Waals surface area contributed by atoms with Crippen LogP contribution in [0.25, 0.3) is 0 Å². The van der Waals surface area contributed by atoms with Gasteiger partial charge in [-0.05, 0) is 42.8 Å². The number of benzene rings is 2. The van der Waals surface area contributed by atoms with Gasteiger partial charge in [0.2, 0.25) is 5.91 Å². The molecule has 1 heterocycles. The summed E-state index contributed by atoms with van der Waals surface area (Å²) in [6, 6.07) is 9.60. The highest BCUT2D eigenvalue weighted by Crippen LogP contribution is 2.33. The normalized spacial score (nSPS) is 13.3.